The van der Waals surface area contributed by atoms with Gasteiger partial charge >= 0.3 is 0 Å². The Balaban J connectivity index is 0.00000264. The molecule has 1 aromatic carbocycles. The highest BCUT2D eigenvalue weighted by Crippen LogP contribution is 2.29. The van der Waals surface area contributed by atoms with Crippen LogP contribution in [0.15, 0.2) is 23.1 Å². The normalized spacial score (nSPS) is 17.5. The zero-order valence-corrected chi connectivity index (χ0v) is 15.0. The van der Waals surface area contributed by atoms with Crippen LogP contribution in [-0.2, 0) is 14.8 Å². The number of sulfonamides is 1. The van der Waals surface area contributed by atoms with Crippen molar-refractivity contribution in [3.8, 4) is 0 Å². The Hall–Kier alpha value is -0.730. The summed E-state index contributed by atoms with van der Waals surface area (Å²) in [6, 6.07) is 3.95. The third kappa shape index (κ3) is 5.12. The molecular formula is C15H24ClFN2O3S. The summed E-state index contributed by atoms with van der Waals surface area (Å²) in [5, 5.41) is 3.26. The number of benzene rings is 1. The molecule has 1 aliphatic rings. The lowest BCUT2D eigenvalue weighted by Gasteiger charge is -2.37. The summed E-state index contributed by atoms with van der Waals surface area (Å²) in [5.41, 5.74) is 0.212. The van der Waals surface area contributed by atoms with Crippen LogP contribution in [0.3, 0.4) is 0 Å². The summed E-state index contributed by atoms with van der Waals surface area (Å²) in [5.74, 6) is -0.517. The van der Waals surface area contributed by atoms with Crippen LogP contribution in [0, 0.1) is 18.2 Å². The van der Waals surface area contributed by atoms with Gasteiger partial charge in [0.2, 0.25) is 10.0 Å². The zero-order valence-electron chi connectivity index (χ0n) is 13.4. The molecule has 0 unspecified atom stereocenters. The number of nitrogens with one attached hydrogen (secondary N) is 2. The van der Waals surface area contributed by atoms with E-state index in [1.165, 1.54) is 12.1 Å². The monoisotopic (exact) mass is 366 g/mol. The van der Waals surface area contributed by atoms with E-state index >= 15 is 0 Å². The molecule has 23 heavy (non-hydrogen) atoms. The Morgan fingerprint density at radius 2 is 2.00 bits per heavy atom. The molecule has 132 valence electrons. The standard InChI is InChI=1S/C15H23FN2O3S.ClH/c1-12-3-4-13(9-14(12)16)22(19,20)18-10-15(11-21-2)5-7-17-8-6-15;/h3-4,9,17-18H,5-8,10-11H2,1-2H3;1H. The van der Waals surface area contributed by atoms with Crippen LogP contribution in [-0.4, -0.2) is 41.8 Å². The molecule has 2 N–H and O–H groups in total. The molecule has 0 aromatic heterocycles. The second-order valence-electron chi connectivity index (χ2n) is 5.92. The lowest BCUT2D eigenvalue weighted by atomic mass is 9.80. The van der Waals surface area contributed by atoms with Crippen molar-refractivity contribution in [1.29, 1.82) is 0 Å². The molecule has 0 amide bonds. The number of halogens is 2. The molecule has 1 aliphatic heterocycles. The maximum absolute atomic E-state index is 13.6. The van der Waals surface area contributed by atoms with Crippen molar-refractivity contribution < 1.29 is 17.5 Å². The number of rotatable bonds is 6. The van der Waals surface area contributed by atoms with E-state index < -0.39 is 15.8 Å². The zero-order chi connectivity index (χ0) is 16.2. The number of piperidine rings is 1. The van der Waals surface area contributed by atoms with Crippen molar-refractivity contribution in [2.45, 2.75) is 24.7 Å². The van der Waals surface area contributed by atoms with Crippen LogP contribution in [0.5, 0.6) is 0 Å². The van der Waals surface area contributed by atoms with E-state index in [4.69, 9.17) is 4.74 Å². The second kappa shape index (κ2) is 8.39. The number of methoxy groups -OCH3 is 1. The topological polar surface area (TPSA) is 67.4 Å². The molecule has 0 bridgehead atoms. The highest BCUT2D eigenvalue weighted by molar-refractivity contribution is 7.89. The quantitative estimate of drug-likeness (QED) is 0.806. The van der Waals surface area contributed by atoms with Crippen molar-refractivity contribution in [3.63, 3.8) is 0 Å². The van der Waals surface area contributed by atoms with E-state index in [-0.39, 0.29) is 22.7 Å². The third-order valence-electron chi connectivity index (χ3n) is 4.21. The van der Waals surface area contributed by atoms with Crippen LogP contribution < -0.4 is 10.0 Å². The first-order valence-electron chi connectivity index (χ1n) is 7.34. The largest absolute Gasteiger partial charge is 0.384 e. The summed E-state index contributed by atoms with van der Waals surface area (Å²) in [6.45, 7) is 4.07. The lowest BCUT2D eigenvalue weighted by Crippen LogP contribution is -2.47. The van der Waals surface area contributed by atoms with Crippen molar-refractivity contribution in [1.82, 2.24) is 10.0 Å². The smallest absolute Gasteiger partial charge is 0.240 e. The van der Waals surface area contributed by atoms with Gasteiger partial charge in [-0.05, 0) is 50.6 Å². The Morgan fingerprint density at radius 3 is 2.57 bits per heavy atom. The fourth-order valence-electron chi connectivity index (χ4n) is 2.71. The van der Waals surface area contributed by atoms with Gasteiger partial charge in [-0.3, -0.25) is 0 Å². The van der Waals surface area contributed by atoms with Gasteiger partial charge in [0.25, 0.3) is 0 Å². The molecular weight excluding hydrogens is 343 g/mol. The summed E-state index contributed by atoms with van der Waals surface area (Å²) in [6.07, 6.45) is 1.68. The molecule has 0 aliphatic carbocycles. The Morgan fingerprint density at radius 1 is 1.35 bits per heavy atom. The van der Waals surface area contributed by atoms with Crippen molar-refractivity contribution >= 4 is 22.4 Å². The van der Waals surface area contributed by atoms with Gasteiger partial charge in [-0.1, -0.05) is 6.07 Å². The van der Waals surface area contributed by atoms with Crippen LogP contribution in [0.25, 0.3) is 0 Å². The van der Waals surface area contributed by atoms with Gasteiger partial charge in [0.1, 0.15) is 5.82 Å². The highest BCUT2D eigenvalue weighted by atomic mass is 35.5. The predicted octanol–water partition coefficient (Wildman–Crippen LogP) is 1.85. The van der Waals surface area contributed by atoms with E-state index in [1.54, 1.807) is 14.0 Å². The summed E-state index contributed by atoms with van der Waals surface area (Å²) < 4.78 is 46.2. The molecule has 0 radical (unpaired) electrons. The first kappa shape index (κ1) is 20.3. The van der Waals surface area contributed by atoms with Gasteiger partial charge in [-0.2, -0.15) is 0 Å². The van der Waals surface area contributed by atoms with Gasteiger partial charge in [0, 0.05) is 19.1 Å². The molecule has 1 heterocycles. The molecule has 0 saturated carbocycles. The first-order chi connectivity index (χ1) is 10.4. The van der Waals surface area contributed by atoms with Crippen LogP contribution >= 0.6 is 12.4 Å². The molecule has 8 heteroatoms. The maximum atomic E-state index is 13.6. The average Bonchev–Trinajstić information content (AvgIpc) is 2.49. The minimum absolute atomic E-state index is 0. The minimum atomic E-state index is -3.72. The first-order valence-corrected chi connectivity index (χ1v) is 8.82. The van der Waals surface area contributed by atoms with Crippen molar-refractivity contribution in [3.05, 3.63) is 29.6 Å². The third-order valence-corrected chi connectivity index (χ3v) is 5.60. The van der Waals surface area contributed by atoms with Crippen molar-refractivity contribution in [2.75, 3.05) is 33.4 Å². The molecule has 1 fully saturated rings. The number of aryl methyl sites for hydroxylation is 1. The predicted molar refractivity (Wildman–Crippen MR) is 90.0 cm³/mol. The van der Waals surface area contributed by atoms with Gasteiger partial charge in [-0.25, -0.2) is 17.5 Å². The number of hydrogen-bond donors (Lipinski definition) is 2. The molecule has 5 nitrogen and oxygen atoms in total. The number of ether oxygens (including phenoxy) is 1. The van der Waals surface area contributed by atoms with E-state index in [9.17, 15) is 12.8 Å². The Kier molecular flexibility index (Phi) is 7.41. The summed E-state index contributed by atoms with van der Waals surface area (Å²) in [7, 11) is -2.10. The highest BCUT2D eigenvalue weighted by Gasteiger charge is 2.33. The molecule has 0 atom stereocenters. The SMILES string of the molecule is COCC1(CNS(=O)(=O)c2ccc(C)c(F)c2)CCNCC1.Cl. The Bertz CT molecular complexity index is 614. The number of hydrogen-bond acceptors (Lipinski definition) is 4. The van der Waals surface area contributed by atoms with E-state index in [0.717, 1.165) is 32.0 Å². The molecule has 1 saturated heterocycles. The summed E-state index contributed by atoms with van der Waals surface area (Å²) in [4.78, 5) is -0.0444. The fraction of sp³-hybridized carbons (Fsp3) is 0.600. The molecule has 0 spiro atoms. The van der Waals surface area contributed by atoms with Crippen LogP contribution in [0.4, 0.5) is 4.39 Å². The van der Waals surface area contributed by atoms with E-state index in [2.05, 4.69) is 10.0 Å². The van der Waals surface area contributed by atoms with Gasteiger partial charge in [0.05, 0.1) is 11.5 Å². The Labute approximate surface area is 143 Å². The lowest BCUT2D eigenvalue weighted by molar-refractivity contribution is 0.0577. The van der Waals surface area contributed by atoms with Gasteiger partial charge < -0.3 is 10.1 Å². The molecule has 1 aromatic rings. The van der Waals surface area contributed by atoms with E-state index in [0.29, 0.717) is 18.7 Å². The van der Waals surface area contributed by atoms with Gasteiger partial charge in [0.15, 0.2) is 0 Å². The van der Waals surface area contributed by atoms with E-state index in [1.807, 2.05) is 0 Å². The molecule has 2 rings (SSSR count). The van der Waals surface area contributed by atoms with Crippen LogP contribution in [0.1, 0.15) is 18.4 Å². The second-order valence-corrected chi connectivity index (χ2v) is 7.69. The maximum Gasteiger partial charge on any atom is 0.240 e. The van der Waals surface area contributed by atoms with Gasteiger partial charge in [-0.15, -0.1) is 12.4 Å². The minimum Gasteiger partial charge on any atom is -0.384 e. The average molecular weight is 367 g/mol. The van der Waals surface area contributed by atoms with Crippen molar-refractivity contribution in [2.24, 2.45) is 5.41 Å². The van der Waals surface area contributed by atoms with Crippen LogP contribution in [0.2, 0.25) is 0 Å². The summed E-state index contributed by atoms with van der Waals surface area (Å²) >= 11 is 0. The fourth-order valence-corrected chi connectivity index (χ4v) is 3.88.